The number of ketones is 1. The molecule has 2 aromatic rings. The maximum absolute atomic E-state index is 11.4. The maximum atomic E-state index is 11.4. The Morgan fingerprint density at radius 3 is 2.89 bits per heavy atom. The van der Waals surface area contributed by atoms with Gasteiger partial charge in [0.25, 0.3) is 0 Å². The zero-order valence-corrected chi connectivity index (χ0v) is 11.0. The van der Waals surface area contributed by atoms with Gasteiger partial charge in [0.2, 0.25) is 11.7 Å². The van der Waals surface area contributed by atoms with Crippen LogP contribution in [-0.2, 0) is 13.0 Å². The smallest absolute Gasteiger partial charge is 0.226 e. The third kappa shape index (κ3) is 3.40. The summed E-state index contributed by atoms with van der Waals surface area (Å²) in [6, 6.07) is 7.11. The number of aryl methyl sites for hydroxylation is 1. The quantitative estimate of drug-likeness (QED) is 0.747. The van der Waals surface area contributed by atoms with Crippen molar-refractivity contribution in [3.05, 3.63) is 41.5 Å². The van der Waals surface area contributed by atoms with Crippen LogP contribution in [0.4, 0.5) is 0 Å². The van der Waals surface area contributed by atoms with E-state index < -0.39 is 0 Å². The molecule has 0 atom stereocenters. The van der Waals surface area contributed by atoms with Gasteiger partial charge in [-0.15, -0.1) is 0 Å². The van der Waals surface area contributed by atoms with Crippen LogP contribution in [0.5, 0.6) is 5.75 Å². The van der Waals surface area contributed by atoms with Gasteiger partial charge in [-0.05, 0) is 25.5 Å². The molecule has 0 radical (unpaired) electrons. The molecule has 0 aliphatic heterocycles. The van der Waals surface area contributed by atoms with Crippen LogP contribution >= 0.6 is 0 Å². The third-order valence-corrected chi connectivity index (χ3v) is 2.60. The maximum Gasteiger partial charge on any atom is 0.226 e. The lowest BCUT2D eigenvalue weighted by atomic mass is 10.1. The van der Waals surface area contributed by atoms with Gasteiger partial charge in [-0.3, -0.25) is 4.79 Å². The van der Waals surface area contributed by atoms with E-state index in [1.54, 1.807) is 18.2 Å². The predicted octanol–water partition coefficient (Wildman–Crippen LogP) is 2.80. The molecule has 0 saturated carbocycles. The number of hydrogen-bond acceptors (Lipinski definition) is 5. The third-order valence-electron chi connectivity index (χ3n) is 2.60. The SMILES string of the molecule is CCCc1nc(COc2ccccc2C(C)=O)no1. The normalized spacial score (nSPS) is 10.4. The first-order chi connectivity index (χ1) is 9.20. The summed E-state index contributed by atoms with van der Waals surface area (Å²) in [7, 11) is 0. The number of aromatic nitrogens is 2. The highest BCUT2D eigenvalue weighted by atomic mass is 16.5. The Bertz CT molecular complexity index is 563. The highest BCUT2D eigenvalue weighted by Gasteiger charge is 2.10. The number of benzene rings is 1. The first-order valence-electron chi connectivity index (χ1n) is 6.25. The molecular weight excluding hydrogens is 244 g/mol. The van der Waals surface area contributed by atoms with Crippen molar-refractivity contribution in [2.24, 2.45) is 0 Å². The Morgan fingerprint density at radius 2 is 2.16 bits per heavy atom. The van der Waals surface area contributed by atoms with Crippen molar-refractivity contribution in [3.63, 3.8) is 0 Å². The molecule has 5 heteroatoms. The molecule has 2 rings (SSSR count). The Labute approximate surface area is 111 Å². The summed E-state index contributed by atoms with van der Waals surface area (Å²) in [4.78, 5) is 15.6. The number of carbonyl (C=O) groups is 1. The second kappa shape index (κ2) is 6.13. The van der Waals surface area contributed by atoms with E-state index in [0.717, 1.165) is 12.8 Å². The van der Waals surface area contributed by atoms with E-state index in [9.17, 15) is 4.79 Å². The van der Waals surface area contributed by atoms with Crippen molar-refractivity contribution in [3.8, 4) is 5.75 Å². The molecule has 0 unspecified atom stereocenters. The van der Waals surface area contributed by atoms with Gasteiger partial charge in [-0.25, -0.2) is 0 Å². The molecule has 1 aromatic carbocycles. The highest BCUT2D eigenvalue weighted by Crippen LogP contribution is 2.19. The zero-order valence-electron chi connectivity index (χ0n) is 11.0. The van der Waals surface area contributed by atoms with Crippen LogP contribution in [0.2, 0.25) is 0 Å². The van der Waals surface area contributed by atoms with Gasteiger partial charge in [0, 0.05) is 6.42 Å². The Morgan fingerprint density at radius 1 is 1.37 bits per heavy atom. The summed E-state index contributed by atoms with van der Waals surface area (Å²) in [5.41, 5.74) is 0.555. The zero-order chi connectivity index (χ0) is 13.7. The summed E-state index contributed by atoms with van der Waals surface area (Å²) >= 11 is 0. The Hall–Kier alpha value is -2.17. The fraction of sp³-hybridized carbons (Fsp3) is 0.357. The van der Waals surface area contributed by atoms with Crippen LogP contribution in [0, 0.1) is 0 Å². The number of ether oxygens (including phenoxy) is 1. The average molecular weight is 260 g/mol. The topological polar surface area (TPSA) is 65.2 Å². The second-order valence-electron chi connectivity index (χ2n) is 4.20. The molecule has 0 fully saturated rings. The molecule has 0 aliphatic rings. The first kappa shape index (κ1) is 13.3. The van der Waals surface area contributed by atoms with Gasteiger partial charge in [0.1, 0.15) is 5.75 Å². The standard InChI is InChI=1S/C14H16N2O3/c1-3-6-14-15-13(16-19-14)9-18-12-8-5-4-7-11(12)10(2)17/h4-5,7-8H,3,6,9H2,1-2H3. The molecular formula is C14H16N2O3. The minimum Gasteiger partial charge on any atom is -0.485 e. The lowest BCUT2D eigenvalue weighted by Crippen LogP contribution is -2.02. The molecule has 5 nitrogen and oxygen atoms in total. The lowest BCUT2D eigenvalue weighted by molar-refractivity contribution is 0.101. The van der Waals surface area contributed by atoms with Crippen LogP contribution in [0.3, 0.4) is 0 Å². The van der Waals surface area contributed by atoms with Gasteiger partial charge in [-0.2, -0.15) is 4.98 Å². The molecule has 19 heavy (non-hydrogen) atoms. The predicted molar refractivity (Wildman–Crippen MR) is 69.1 cm³/mol. The molecule has 0 spiro atoms. The van der Waals surface area contributed by atoms with Crippen molar-refractivity contribution >= 4 is 5.78 Å². The van der Waals surface area contributed by atoms with Crippen molar-refractivity contribution in [1.29, 1.82) is 0 Å². The van der Waals surface area contributed by atoms with Crippen LogP contribution < -0.4 is 4.74 Å². The molecule has 0 N–H and O–H groups in total. The summed E-state index contributed by atoms with van der Waals surface area (Å²) in [5.74, 6) is 1.61. The minimum atomic E-state index is -0.0321. The summed E-state index contributed by atoms with van der Waals surface area (Å²) in [6.45, 7) is 3.75. The van der Waals surface area contributed by atoms with E-state index in [4.69, 9.17) is 9.26 Å². The van der Waals surface area contributed by atoms with Crippen molar-refractivity contribution in [2.45, 2.75) is 33.3 Å². The summed E-state index contributed by atoms with van der Waals surface area (Å²) in [6.07, 6.45) is 1.71. The highest BCUT2D eigenvalue weighted by molar-refractivity contribution is 5.96. The van der Waals surface area contributed by atoms with Gasteiger partial charge in [-0.1, -0.05) is 24.2 Å². The van der Waals surface area contributed by atoms with Crippen LogP contribution in [0.25, 0.3) is 0 Å². The van der Waals surface area contributed by atoms with Crippen LogP contribution in [-0.4, -0.2) is 15.9 Å². The van der Waals surface area contributed by atoms with Crippen LogP contribution in [0.1, 0.15) is 42.3 Å². The molecule has 0 aliphatic carbocycles. The number of Topliss-reactive ketones (excluding diaryl/α,β-unsaturated/α-hetero) is 1. The van der Waals surface area contributed by atoms with E-state index in [0.29, 0.717) is 23.0 Å². The summed E-state index contributed by atoms with van der Waals surface area (Å²) < 4.78 is 10.6. The van der Waals surface area contributed by atoms with Crippen molar-refractivity contribution in [2.75, 3.05) is 0 Å². The molecule has 100 valence electrons. The number of carbonyl (C=O) groups excluding carboxylic acids is 1. The molecule has 1 aromatic heterocycles. The summed E-state index contributed by atoms with van der Waals surface area (Å²) in [5, 5.41) is 3.83. The number of nitrogens with zero attached hydrogens (tertiary/aromatic N) is 2. The Kier molecular flexibility index (Phi) is 4.28. The van der Waals surface area contributed by atoms with Crippen LogP contribution in [0.15, 0.2) is 28.8 Å². The molecule has 1 heterocycles. The first-order valence-corrected chi connectivity index (χ1v) is 6.25. The monoisotopic (exact) mass is 260 g/mol. The fourth-order valence-corrected chi connectivity index (χ4v) is 1.69. The largest absolute Gasteiger partial charge is 0.485 e. The number of para-hydroxylation sites is 1. The van der Waals surface area contributed by atoms with E-state index >= 15 is 0 Å². The minimum absolute atomic E-state index is 0.0321. The van der Waals surface area contributed by atoms with Gasteiger partial charge >= 0.3 is 0 Å². The van der Waals surface area contributed by atoms with Gasteiger partial charge < -0.3 is 9.26 Å². The molecule has 0 bridgehead atoms. The van der Waals surface area contributed by atoms with E-state index in [1.165, 1.54) is 6.92 Å². The molecule has 0 saturated heterocycles. The fourth-order valence-electron chi connectivity index (χ4n) is 1.69. The van der Waals surface area contributed by atoms with Crippen molar-refractivity contribution in [1.82, 2.24) is 10.1 Å². The number of rotatable bonds is 6. The average Bonchev–Trinajstić information content (AvgIpc) is 2.85. The van der Waals surface area contributed by atoms with E-state index in [2.05, 4.69) is 10.1 Å². The molecule has 0 amide bonds. The number of hydrogen-bond donors (Lipinski definition) is 0. The van der Waals surface area contributed by atoms with Gasteiger partial charge in [0.15, 0.2) is 12.4 Å². The second-order valence-corrected chi connectivity index (χ2v) is 4.20. The van der Waals surface area contributed by atoms with E-state index in [1.807, 2.05) is 13.0 Å². The van der Waals surface area contributed by atoms with Gasteiger partial charge in [0.05, 0.1) is 5.56 Å². The van der Waals surface area contributed by atoms with E-state index in [-0.39, 0.29) is 12.4 Å². The Balaban J connectivity index is 2.03. The van der Waals surface area contributed by atoms with Crippen molar-refractivity contribution < 1.29 is 14.1 Å². The lowest BCUT2D eigenvalue weighted by Gasteiger charge is -2.07.